The highest BCUT2D eigenvalue weighted by atomic mass is 16.2. The summed E-state index contributed by atoms with van der Waals surface area (Å²) in [5.74, 6) is 0.101. The lowest BCUT2D eigenvalue weighted by Gasteiger charge is -2.31. The van der Waals surface area contributed by atoms with Crippen LogP contribution in [0.5, 0.6) is 0 Å². The van der Waals surface area contributed by atoms with Crippen LogP contribution in [0.3, 0.4) is 0 Å². The van der Waals surface area contributed by atoms with Crippen LogP contribution in [0.15, 0.2) is 29.5 Å². The zero-order valence-corrected chi connectivity index (χ0v) is 15.8. The Kier molecular flexibility index (Phi) is 4.25. The summed E-state index contributed by atoms with van der Waals surface area (Å²) in [6, 6.07) is 6.03. The molecule has 4 rings (SSSR count). The highest BCUT2D eigenvalue weighted by molar-refractivity contribution is 6.01. The smallest absolute Gasteiger partial charge is 0.322 e. The molecule has 138 valence electrons. The van der Waals surface area contributed by atoms with E-state index in [0.29, 0.717) is 12.6 Å². The molecule has 0 unspecified atom stereocenters. The van der Waals surface area contributed by atoms with Crippen LogP contribution in [0.4, 0.5) is 4.79 Å². The predicted molar refractivity (Wildman–Crippen MR) is 101 cm³/mol. The van der Waals surface area contributed by atoms with Crippen molar-refractivity contribution in [2.75, 3.05) is 13.6 Å². The van der Waals surface area contributed by atoms with Crippen molar-refractivity contribution < 1.29 is 9.59 Å². The molecule has 2 aliphatic heterocycles. The average Bonchev–Trinajstić information content (AvgIpc) is 2.97. The highest BCUT2D eigenvalue weighted by Crippen LogP contribution is 2.39. The molecule has 1 N–H and O–H groups in total. The third-order valence-corrected chi connectivity index (χ3v) is 6.14. The van der Waals surface area contributed by atoms with E-state index in [0.717, 1.165) is 35.2 Å². The summed E-state index contributed by atoms with van der Waals surface area (Å²) in [6.07, 6.45) is 5.79. The van der Waals surface area contributed by atoms with Gasteiger partial charge < -0.3 is 10.2 Å². The van der Waals surface area contributed by atoms with E-state index in [1.54, 1.807) is 11.9 Å². The Morgan fingerprint density at radius 2 is 1.81 bits per heavy atom. The van der Waals surface area contributed by atoms with Crippen molar-refractivity contribution in [3.8, 4) is 0 Å². The molecule has 1 aromatic carbocycles. The molecule has 1 saturated carbocycles. The summed E-state index contributed by atoms with van der Waals surface area (Å²) in [5, 5.41) is 3.05. The molecule has 1 fully saturated rings. The Morgan fingerprint density at radius 1 is 1.08 bits per heavy atom. The minimum absolute atomic E-state index is 0.101. The SMILES string of the molecule is Cc1ccc([C@H]2NC(=O)N(C)C3=C2C(=O)N(C2CCCCC2)C3)c(C)c1. The molecule has 5 nitrogen and oxygen atoms in total. The van der Waals surface area contributed by atoms with Gasteiger partial charge in [0.15, 0.2) is 0 Å². The number of amides is 3. The third-order valence-electron chi connectivity index (χ3n) is 6.14. The number of urea groups is 1. The molecule has 0 saturated heterocycles. The molecule has 1 aliphatic carbocycles. The van der Waals surface area contributed by atoms with Crippen LogP contribution >= 0.6 is 0 Å². The van der Waals surface area contributed by atoms with Crippen LogP contribution in [0.2, 0.25) is 0 Å². The van der Waals surface area contributed by atoms with E-state index in [2.05, 4.69) is 18.3 Å². The molecule has 0 radical (unpaired) electrons. The van der Waals surface area contributed by atoms with Gasteiger partial charge in [-0.15, -0.1) is 0 Å². The summed E-state index contributed by atoms with van der Waals surface area (Å²) in [5.41, 5.74) is 4.93. The number of nitrogens with one attached hydrogen (secondary N) is 1. The van der Waals surface area contributed by atoms with Crippen molar-refractivity contribution in [1.82, 2.24) is 15.1 Å². The van der Waals surface area contributed by atoms with Crippen LogP contribution in [0, 0.1) is 13.8 Å². The van der Waals surface area contributed by atoms with Gasteiger partial charge in [-0.25, -0.2) is 4.79 Å². The molecule has 1 aromatic rings. The van der Waals surface area contributed by atoms with Gasteiger partial charge in [0.1, 0.15) is 0 Å². The fraction of sp³-hybridized carbons (Fsp3) is 0.524. The van der Waals surface area contributed by atoms with Gasteiger partial charge in [0, 0.05) is 13.1 Å². The predicted octanol–water partition coefficient (Wildman–Crippen LogP) is 3.43. The fourth-order valence-corrected chi connectivity index (χ4v) is 4.66. The molecule has 3 amide bonds. The lowest BCUT2D eigenvalue weighted by molar-refractivity contribution is -0.128. The minimum Gasteiger partial charge on any atom is -0.330 e. The monoisotopic (exact) mass is 353 g/mol. The number of hydrogen-bond acceptors (Lipinski definition) is 2. The Labute approximate surface area is 155 Å². The summed E-state index contributed by atoms with van der Waals surface area (Å²) >= 11 is 0. The van der Waals surface area contributed by atoms with Gasteiger partial charge in [-0.1, -0.05) is 43.0 Å². The van der Waals surface area contributed by atoms with Gasteiger partial charge >= 0.3 is 6.03 Å². The Hall–Kier alpha value is -2.30. The second-order valence-corrected chi connectivity index (χ2v) is 7.89. The summed E-state index contributed by atoms with van der Waals surface area (Å²) in [4.78, 5) is 29.5. The number of nitrogens with zero attached hydrogens (tertiary/aromatic N) is 2. The molecule has 2 heterocycles. The Balaban J connectivity index is 1.72. The zero-order chi connectivity index (χ0) is 18.4. The second kappa shape index (κ2) is 6.45. The molecule has 26 heavy (non-hydrogen) atoms. The number of rotatable bonds is 2. The first-order valence-electron chi connectivity index (χ1n) is 9.62. The number of carbonyl (C=O) groups is 2. The van der Waals surface area contributed by atoms with E-state index in [1.165, 1.54) is 24.8 Å². The highest BCUT2D eigenvalue weighted by Gasteiger charge is 2.45. The summed E-state index contributed by atoms with van der Waals surface area (Å²) in [7, 11) is 1.76. The van der Waals surface area contributed by atoms with E-state index in [-0.39, 0.29) is 18.0 Å². The van der Waals surface area contributed by atoms with Gasteiger partial charge in [0.2, 0.25) is 0 Å². The first-order chi connectivity index (χ1) is 12.5. The zero-order valence-electron chi connectivity index (χ0n) is 15.8. The Bertz CT molecular complexity index is 792. The maximum Gasteiger partial charge on any atom is 0.322 e. The number of likely N-dealkylation sites (N-methyl/N-ethyl adjacent to an activating group) is 1. The quantitative estimate of drug-likeness (QED) is 0.886. The maximum absolute atomic E-state index is 13.3. The van der Waals surface area contributed by atoms with Crippen molar-refractivity contribution in [2.45, 2.75) is 58.0 Å². The van der Waals surface area contributed by atoms with E-state index in [1.807, 2.05) is 24.0 Å². The van der Waals surface area contributed by atoms with Gasteiger partial charge in [0.25, 0.3) is 5.91 Å². The normalized spacial score (nSPS) is 24.2. The molecule has 0 aromatic heterocycles. The molecule has 5 heteroatoms. The van der Waals surface area contributed by atoms with Gasteiger partial charge in [-0.2, -0.15) is 0 Å². The number of benzene rings is 1. The molecular formula is C21H27N3O2. The van der Waals surface area contributed by atoms with Crippen LogP contribution in [-0.2, 0) is 4.79 Å². The molecular weight excluding hydrogens is 326 g/mol. The van der Waals surface area contributed by atoms with Crippen LogP contribution in [0.1, 0.15) is 54.8 Å². The largest absolute Gasteiger partial charge is 0.330 e. The fourth-order valence-electron chi connectivity index (χ4n) is 4.66. The van der Waals surface area contributed by atoms with Crippen molar-refractivity contribution in [1.29, 1.82) is 0 Å². The first-order valence-corrected chi connectivity index (χ1v) is 9.62. The van der Waals surface area contributed by atoms with E-state index in [9.17, 15) is 9.59 Å². The standard InChI is InChI=1S/C21H27N3O2/c1-13-9-10-16(14(2)11-13)19-18-17(23(3)21(26)22-19)12-24(20(18)25)15-7-5-4-6-8-15/h9-11,15,19H,4-8,12H2,1-3H3,(H,22,26)/t19-/m1/s1. The van der Waals surface area contributed by atoms with Crippen LogP contribution < -0.4 is 5.32 Å². The maximum atomic E-state index is 13.3. The minimum atomic E-state index is -0.351. The Morgan fingerprint density at radius 3 is 2.50 bits per heavy atom. The number of hydrogen-bond donors (Lipinski definition) is 1. The topological polar surface area (TPSA) is 52.7 Å². The van der Waals surface area contributed by atoms with Crippen LogP contribution in [0.25, 0.3) is 0 Å². The van der Waals surface area contributed by atoms with Crippen molar-refractivity contribution >= 4 is 11.9 Å². The van der Waals surface area contributed by atoms with Crippen molar-refractivity contribution in [3.63, 3.8) is 0 Å². The molecule has 1 atom stereocenters. The number of carbonyl (C=O) groups excluding carboxylic acids is 2. The van der Waals surface area contributed by atoms with Gasteiger partial charge in [-0.3, -0.25) is 9.69 Å². The van der Waals surface area contributed by atoms with Crippen molar-refractivity contribution in [2.24, 2.45) is 0 Å². The summed E-state index contributed by atoms with van der Waals surface area (Å²) < 4.78 is 0. The molecule has 0 bridgehead atoms. The first kappa shape index (κ1) is 17.1. The molecule has 3 aliphatic rings. The van der Waals surface area contributed by atoms with Gasteiger partial charge in [0.05, 0.1) is 23.9 Å². The molecule has 0 spiro atoms. The lowest BCUT2D eigenvalue weighted by atomic mass is 9.91. The number of aryl methyl sites for hydroxylation is 2. The van der Waals surface area contributed by atoms with Crippen LogP contribution in [-0.4, -0.2) is 41.4 Å². The summed E-state index contributed by atoms with van der Waals surface area (Å²) in [6.45, 7) is 4.66. The van der Waals surface area contributed by atoms with E-state index < -0.39 is 0 Å². The second-order valence-electron chi connectivity index (χ2n) is 7.89. The van der Waals surface area contributed by atoms with Crippen molar-refractivity contribution in [3.05, 3.63) is 46.2 Å². The van der Waals surface area contributed by atoms with Gasteiger partial charge in [-0.05, 0) is 37.8 Å². The van der Waals surface area contributed by atoms with E-state index >= 15 is 0 Å². The third kappa shape index (κ3) is 2.70. The average molecular weight is 353 g/mol. The van der Waals surface area contributed by atoms with E-state index in [4.69, 9.17) is 0 Å². The lowest BCUT2D eigenvalue weighted by Crippen LogP contribution is -2.45.